The first-order chi connectivity index (χ1) is 11.6. The molecule has 0 radical (unpaired) electrons. The SMILES string of the molecule is O=C(NCCCCc1ccccc1)n1c(=O)oc2cc(Br)ccc21. The predicted molar refractivity (Wildman–Crippen MR) is 96.4 cm³/mol. The summed E-state index contributed by atoms with van der Waals surface area (Å²) in [5, 5.41) is 2.77. The third kappa shape index (κ3) is 3.76. The van der Waals surface area contributed by atoms with Crippen LogP contribution in [0.5, 0.6) is 0 Å². The van der Waals surface area contributed by atoms with Crippen molar-refractivity contribution in [2.75, 3.05) is 6.54 Å². The van der Waals surface area contributed by atoms with Crippen LogP contribution in [0.15, 0.2) is 62.2 Å². The number of halogens is 1. The minimum Gasteiger partial charge on any atom is -0.407 e. The Morgan fingerprint density at radius 1 is 1.12 bits per heavy atom. The lowest BCUT2D eigenvalue weighted by atomic mass is 10.1. The lowest BCUT2D eigenvalue weighted by Gasteiger charge is -2.05. The van der Waals surface area contributed by atoms with Gasteiger partial charge in [0.1, 0.15) is 0 Å². The van der Waals surface area contributed by atoms with E-state index in [2.05, 4.69) is 33.4 Å². The molecule has 1 amide bonds. The van der Waals surface area contributed by atoms with E-state index in [4.69, 9.17) is 4.42 Å². The lowest BCUT2D eigenvalue weighted by Crippen LogP contribution is -2.34. The fraction of sp³-hybridized carbons (Fsp3) is 0.222. The third-order valence-electron chi connectivity index (χ3n) is 3.76. The molecule has 0 fully saturated rings. The highest BCUT2D eigenvalue weighted by Crippen LogP contribution is 2.18. The number of nitrogens with zero attached hydrogens (tertiary/aromatic N) is 1. The van der Waals surface area contributed by atoms with Gasteiger partial charge in [0.05, 0.1) is 5.52 Å². The maximum absolute atomic E-state index is 12.2. The van der Waals surface area contributed by atoms with E-state index in [-0.39, 0.29) is 0 Å². The Bertz CT molecular complexity index is 900. The quantitative estimate of drug-likeness (QED) is 0.673. The number of carbonyl (C=O) groups excluding carboxylic acids is 1. The van der Waals surface area contributed by atoms with Gasteiger partial charge in [-0.2, -0.15) is 4.57 Å². The third-order valence-corrected chi connectivity index (χ3v) is 4.25. The Morgan fingerprint density at radius 3 is 2.71 bits per heavy atom. The van der Waals surface area contributed by atoms with E-state index in [9.17, 15) is 9.59 Å². The summed E-state index contributed by atoms with van der Waals surface area (Å²) < 4.78 is 6.92. The second-order valence-corrected chi connectivity index (χ2v) is 6.41. The largest absolute Gasteiger partial charge is 0.428 e. The van der Waals surface area contributed by atoms with Crippen LogP contribution >= 0.6 is 15.9 Å². The first-order valence-electron chi connectivity index (χ1n) is 7.78. The fourth-order valence-electron chi connectivity index (χ4n) is 2.56. The van der Waals surface area contributed by atoms with Crippen LogP contribution < -0.4 is 11.1 Å². The van der Waals surface area contributed by atoms with E-state index >= 15 is 0 Å². The van der Waals surface area contributed by atoms with Gasteiger partial charge >= 0.3 is 11.8 Å². The number of aryl methyl sites for hydroxylation is 1. The molecule has 6 heteroatoms. The van der Waals surface area contributed by atoms with Crippen LogP contribution in [0.25, 0.3) is 11.1 Å². The summed E-state index contributed by atoms with van der Waals surface area (Å²) in [7, 11) is 0. The molecule has 0 spiro atoms. The Balaban J connectivity index is 1.56. The number of aromatic nitrogens is 1. The van der Waals surface area contributed by atoms with Crippen molar-refractivity contribution < 1.29 is 9.21 Å². The fourth-order valence-corrected chi connectivity index (χ4v) is 2.90. The van der Waals surface area contributed by atoms with Crippen molar-refractivity contribution >= 4 is 33.1 Å². The topological polar surface area (TPSA) is 64.2 Å². The zero-order chi connectivity index (χ0) is 16.9. The van der Waals surface area contributed by atoms with E-state index in [0.717, 1.165) is 28.3 Å². The van der Waals surface area contributed by atoms with Crippen LogP contribution in [0.3, 0.4) is 0 Å². The van der Waals surface area contributed by atoms with Gasteiger partial charge in [0.15, 0.2) is 5.58 Å². The van der Waals surface area contributed by atoms with Crippen LogP contribution in [0.2, 0.25) is 0 Å². The second kappa shape index (κ2) is 7.49. The van der Waals surface area contributed by atoms with Crippen molar-refractivity contribution in [3.8, 4) is 0 Å². The standard InChI is InChI=1S/C18H17BrN2O3/c19-14-9-10-15-16(12-14)24-18(23)21(15)17(22)20-11-5-4-8-13-6-2-1-3-7-13/h1-3,6-7,9-10,12H,4-5,8,11H2,(H,20,22). The molecule has 1 heterocycles. The highest BCUT2D eigenvalue weighted by Gasteiger charge is 2.15. The first kappa shape index (κ1) is 16.5. The summed E-state index contributed by atoms with van der Waals surface area (Å²) >= 11 is 3.31. The number of unbranched alkanes of at least 4 members (excludes halogenated alkanes) is 1. The normalized spacial score (nSPS) is 10.9. The van der Waals surface area contributed by atoms with Crippen molar-refractivity contribution in [2.45, 2.75) is 19.3 Å². The van der Waals surface area contributed by atoms with Gasteiger partial charge in [-0.15, -0.1) is 0 Å². The van der Waals surface area contributed by atoms with Gasteiger partial charge < -0.3 is 9.73 Å². The van der Waals surface area contributed by atoms with Gasteiger partial charge in [0.2, 0.25) is 0 Å². The summed E-state index contributed by atoms with van der Waals surface area (Å²) in [4.78, 5) is 24.1. The summed E-state index contributed by atoms with van der Waals surface area (Å²) in [5.74, 6) is -0.676. The molecule has 0 saturated heterocycles. The number of amides is 1. The highest BCUT2D eigenvalue weighted by atomic mass is 79.9. The molecule has 3 rings (SSSR count). The molecular formula is C18H17BrN2O3. The number of oxazole rings is 1. The summed E-state index contributed by atoms with van der Waals surface area (Å²) in [5.41, 5.74) is 2.13. The van der Waals surface area contributed by atoms with E-state index < -0.39 is 11.8 Å². The molecule has 3 aromatic rings. The maximum Gasteiger partial charge on any atom is 0.428 e. The monoisotopic (exact) mass is 388 g/mol. The number of rotatable bonds is 5. The zero-order valence-corrected chi connectivity index (χ0v) is 14.6. The number of benzene rings is 2. The Hall–Kier alpha value is -2.34. The van der Waals surface area contributed by atoms with Crippen LogP contribution in [0.4, 0.5) is 4.79 Å². The van der Waals surface area contributed by atoms with Crippen LogP contribution in [0.1, 0.15) is 18.4 Å². The predicted octanol–water partition coefficient (Wildman–Crippen LogP) is 3.94. The molecule has 124 valence electrons. The molecule has 0 aliphatic heterocycles. The maximum atomic E-state index is 12.2. The summed E-state index contributed by atoms with van der Waals surface area (Å²) in [6, 6.07) is 14.9. The number of hydrogen-bond acceptors (Lipinski definition) is 3. The van der Waals surface area contributed by atoms with Gasteiger partial charge in [-0.3, -0.25) is 0 Å². The van der Waals surface area contributed by atoms with Crippen LogP contribution in [0, 0.1) is 0 Å². The van der Waals surface area contributed by atoms with Crippen molar-refractivity contribution in [3.05, 3.63) is 69.1 Å². The molecule has 0 atom stereocenters. The van der Waals surface area contributed by atoms with Crippen molar-refractivity contribution in [1.82, 2.24) is 9.88 Å². The minimum atomic E-state index is -0.676. The average Bonchev–Trinajstić information content (AvgIpc) is 2.90. The minimum absolute atomic E-state index is 0.383. The van der Waals surface area contributed by atoms with Crippen LogP contribution in [-0.4, -0.2) is 17.1 Å². The molecule has 0 bridgehead atoms. The summed E-state index contributed by atoms with van der Waals surface area (Å²) in [6.45, 7) is 0.515. The van der Waals surface area contributed by atoms with Crippen molar-refractivity contribution in [1.29, 1.82) is 0 Å². The van der Waals surface area contributed by atoms with Crippen molar-refractivity contribution in [3.63, 3.8) is 0 Å². The van der Waals surface area contributed by atoms with Gasteiger partial charge in [0, 0.05) is 11.0 Å². The van der Waals surface area contributed by atoms with Crippen molar-refractivity contribution in [2.24, 2.45) is 0 Å². The number of hydrogen-bond donors (Lipinski definition) is 1. The van der Waals surface area contributed by atoms with Gasteiger partial charge in [-0.05, 0) is 43.0 Å². The average molecular weight is 389 g/mol. The van der Waals surface area contributed by atoms with E-state index in [1.54, 1.807) is 18.2 Å². The lowest BCUT2D eigenvalue weighted by molar-refractivity contribution is 0.241. The molecule has 5 nitrogen and oxygen atoms in total. The molecular weight excluding hydrogens is 372 g/mol. The molecule has 2 aromatic carbocycles. The Morgan fingerprint density at radius 2 is 1.92 bits per heavy atom. The van der Waals surface area contributed by atoms with E-state index in [0.29, 0.717) is 17.6 Å². The highest BCUT2D eigenvalue weighted by molar-refractivity contribution is 9.10. The van der Waals surface area contributed by atoms with E-state index in [1.165, 1.54) is 5.56 Å². The molecule has 0 aliphatic rings. The molecule has 24 heavy (non-hydrogen) atoms. The summed E-state index contributed by atoms with van der Waals surface area (Å²) in [6.07, 6.45) is 2.79. The Labute approximate surface area is 147 Å². The molecule has 0 saturated carbocycles. The Kier molecular flexibility index (Phi) is 5.15. The first-order valence-corrected chi connectivity index (χ1v) is 8.58. The smallest absolute Gasteiger partial charge is 0.407 e. The van der Waals surface area contributed by atoms with E-state index in [1.807, 2.05) is 18.2 Å². The number of nitrogens with one attached hydrogen (secondary N) is 1. The van der Waals surface area contributed by atoms with Gasteiger partial charge in [0.25, 0.3) is 0 Å². The second-order valence-electron chi connectivity index (χ2n) is 5.49. The van der Waals surface area contributed by atoms with Gasteiger partial charge in [-0.25, -0.2) is 9.59 Å². The zero-order valence-electron chi connectivity index (χ0n) is 13.0. The van der Waals surface area contributed by atoms with Crippen LogP contribution in [-0.2, 0) is 6.42 Å². The molecule has 1 aromatic heterocycles. The molecule has 1 N–H and O–H groups in total. The van der Waals surface area contributed by atoms with Gasteiger partial charge in [-0.1, -0.05) is 46.3 Å². The molecule has 0 aliphatic carbocycles. The molecule has 0 unspecified atom stereocenters. The number of carbonyl (C=O) groups is 1. The number of fused-ring (bicyclic) bond motifs is 1.